The smallest absolute Gasteiger partial charge is 0.368 e. The molecule has 3 aromatic rings. The second kappa shape index (κ2) is 11.6. The van der Waals surface area contributed by atoms with Crippen LogP contribution in [0.3, 0.4) is 0 Å². The van der Waals surface area contributed by atoms with Crippen LogP contribution in [0.1, 0.15) is 11.1 Å². The molecule has 0 unspecified atom stereocenters. The SMILES string of the molecule is O=C(CSc1nc(Cl)cc(N2CCN(c3cccc(Cl)c3)CC2)n1)NCc1cccc(C(F)(F)F)c1. The Hall–Kier alpha value is -2.69. The van der Waals surface area contributed by atoms with Gasteiger partial charge in [-0.1, -0.05) is 53.2 Å². The van der Waals surface area contributed by atoms with Gasteiger partial charge in [-0.2, -0.15) is 13.2 Å². The number of anilines is 2. The molecule has 1 saturated heterocycles. The first kappa shape index (κ1) is 26.4. The summed E-state index contributed by atoms with van der Waals surface area (Å²) in [6.07, 6.45) is -4.43. The summed E-state index contributed by atoms with van der Waals surface area (Å²) in [5, 5.41) is 3.94. The lowest BCUT2D eigenvalue weighted by atomic mass is 10.1. The Morgan fingerprint density at radius 2 is 1.69 bits per heavy atom. The van der Waals surface area contributed by atoms with Crippen LogP contribution in [0.2, 0.25) is 10.2 Å². The Labute approximate surface area is 220 Å². The van der Waals surface area contributed by atoms with Gasteiger partial charge in [0, 0.05) is 49.5 Å². The van der Waals surface area contributed by atoms with E-state index in [1.165, 1.54) is 12.1 Å². The van der Waals surface area contributed by atoms with Gasteiger partial charge in [-0.05, 0) is 35.9 Å². The van der Waals surface area contributed by atoms with Gasteiger partial charge < -0.3 is 15.1 Å². The molecule has 12 heteroatoms. The first-order valence-electron chi connectivity index (χ1n) is 11.0. The van der Waals surface area contributed by atoms with Crippen LogP contribution in [0.4, 0.5) is 24.7 Å². The lowest BCUT2D eigenvalue weighted by Crippen LogP contribution is -2.46. The molecule has 0 bridgehead atoms. The Morgan fingerprint density at radius 1 is 0.972 bits per heavy atom. The van der Waals surface area contributed by atoms with Crippen LogP contribution in [0.15, 0.2) is 59.8 Å². The molecule has 36 heavy (non-hydrogen) atoms. The van der Waals surface area contributed by atoms with E-state index in [-0.39, 0.29) is 23.4 Å². The molecule has 6 nitrogen and oxygen atoms in total. The van der Waals surface area contributed by atoms with Crippen LogP contribution < -0.4 is 15.1 Å². The summed E-state index contributed by atoms with van der Waals surface area (Å²) in [6, 6.07) is 14.3. The monoisotopic (exact) mass is 555 g/mol. The fraction of sp³-hybridized carbons (Fsp3) is 0.292. The summed E-state index contributed by atoms with van der Waals surface area (Å²) in [7, 11) is 0. The summed E-state index contributed by atoms with van der Waals surface area (Å²) >= 11 is 13.4. The van der Waals surface area contributed by atoms with Crippen molar-refractivity contribution in [3.63, 3.8) is 0 Å². The van der Waals surface area contributed by atoms with Gasteiger partial charge in [0.1, 0.15) is 11.0 Å². The topological polar surface area (TPSA) is 61.4 Å². The third-order valence-electron chi connectivity index (χ3n) is 5.51. The van der Waals surface area contributed by atoms with E-state index in [4.69, 9.17) is 23.2 Å². The maximum atomic E-state index is 12.9. The highest BCUT2D eigenvalue weighted by atomic mass is 35.5. The molecule has 1 aliphatic heterocycles. The first-order valence-corrected chi connectivity index (χ1v) is 12.8. The number of benzene rings is 2. The molecule has 1 amide bonds. The van der Waals surface area contributed by atoms with Crippen molar-refractivity contribution >= 4 is 52.4 Å². The normalized spacial score (nSPS) is 14.1. The van der Waals surface area contributed by atoms with Crippen molar-refractivity contribution in [2.45, 2.75) is 17.9 Å². The van der Waals surface area contributed by atoms with Crippen molar-refractivity contribution in [1.82, 2.24) is 15.3 Å². The highest BCUT2D eigenvalue weighted by Gasteiger charge is 2.30. The van der Waals surface area contributed by atoms with E-state index < -0.39 is 11.7 Å². The first-order chi connectivity index (χ1) is 17.2. The van der Waals surface area contributed by atoms with E-state index >= 15 is 0 Å². The minimum atomic E-state index is -4.43. The summed E-state index contributed by atoms with van der Waals surface area (Å²) in [5.74, 6) is 0.326. The van der Waals surface area contributed by atoms with E-state index in [1.54, 1.807) is 6.07 Å². The molecule has 0 radical (unpaired) electrons. The fourth-order valence-electron chi connectivity index (χ4n) is 3.72. The molecule has 0 atom stereocenters. The highest BCUT2D eigenvalue weighted by Crippen LogP contribution is 2.29. The van der Waals surface area contributed by atoms with Crippen molar-refractivity contribution in [2.24, 2.45) is 0 Å². The highest BCUT2D eigenvalue weighted by molar-refractivity contribution is 7.99. The number of hydrogen-bond acceptors (Lipinski definition) is 6. The minimum Gasteiger partial charge on any atom is -0.368 e. The largest absolute Gasteiger partial charge is 0.416 e. The van der Waals surface area contributed by atoms with Crippen LogP contribution >= 0.6 is 35.0 Å². The Balaban J connectivity index is 1.30. The summed E-state index contributed by atoms with van der Waals surface area (Å²) in [6.45, 7) is 3.00. The number of nitrogens with zero attached hydrogens (tertiary/aromatic N) is 4. The molecule has 4 rings (SSSR count). The van der Waals surface area contributed by atoms with Crippen LogP contribution in [-0.4, -0.2) is 47.8 Å². The summed E-state index contributed by atoms with van der Waals surface area (Å²) in [4.78, 5) is 25.4. The predicted octanol–water partition coefficient (Wildman–Crippen LogP) is 5.54. The number of hydrogen-bond donors (Lipinski definition) is 1. The zero-order valence-corrected chi connectivity index (χ0v) is 21.3. The third kappa shape index (κ3) is 7.18. The number of piperazine rings is 1. The third-order valence-corrected chi connectivity index (χ3v) is 6.79. The van der Waals surface area contributed by atoms with Gasteiger partial charge in [0.2, 0.25) is 5.91 Å². The predicted molar refractivity (Wildman–Crippen MR) is 137 cm³/mol. The van der Waals surface area contributed by atoms with Gasteiger partial charge in [0.15, 0.2) is 5.16 Å². The summed E-state index contributed by atoms with van der Waals surface area (Å²) < 4.78 is 38.6. The number of rotatable bonds is 7. The van der Waals surface area contributed by atoms with E-state index in [1.807, 2.05) is 24.3 Å². The Morgan fingerprint density at radius 3 is 2.42 bits per heavy atom. The molecule has 1 aromatic heterocycles. The molecule has 2 aromatic carbocycles. The van der Waals surface area contributed by atoms with Gasteiger partial charge in [-0.25, -0.2) is 9.97 Å². The zero-order chi connectivity index (χ0) is 25.7. The number of carbonyl (C=O) groups excluding carboxylic acids is 1. The van der Waals surface area contributed by atoms with E-state index in [2.05, 4.69) is 25.1 Å². The van der Waals surface area contributed by atoms with Crippen LogP contribution in [0.25, 0.3) is 0 Å². The molecular formula is C24H22Cl2F3N5OS. The van der Waals surface area contributed by atoms with Crippen molar-refractivity contribution < 1.29 is 18.0 Å². The standard InChI is InChI=1S/C24H22Cl2F3N5OS/c25-18-5-2-6-19(12-18)33-7-9-34(10-8-33)21-13-20(26)31-23(32-21)36-15-22(35)30-14-16-3-1-4-17(11-16)24(27,28)29/h1-6,11-13H,7-10,14-15H2,(H,30,35). The quantitative estimate of drug-likeness (QED) is 0.235. The van der Waals surface area contributed by atoms with E-state index in [0.29, 0.717) is 21.6 Å². The van der Waals surface area contributed by atoms with Gasteiger partial charge in [-0.3, -0.25) is 4.79 Å². The van der Waals surface area contributed by atoms with Gasteiger partial charge in [-0.15, -0.1) is 0 Å². The Bertz CT molecular complexity index is 1220. The minimum absolute atomic E-state index is 0.00128. The molecule has 0 aliphatic carbocycles. The van der Waals surface area contributed by atoms with E-state index in [0.717, 1.165) is 55.8 Å². The lowest BCUT2D eigenvalue weighted by molar-refractivity contribution is -0.137. The van der Waals surface area contributed by atoms with Gasteiger partial charge in [0.05, 0.1) is 11.3 Å². The van der Waals surface area contributed by atoms with Crippen LogP contribution in [-0.2, 0) is 17.5 Å². The van der Waals surface area contributed by atoms with Gasteiger partial charge in [0.25, 0.3) is 0 Å². The van der Waals surface area contributed by atoms with Crippen molar-refractivity contribution in [2.75, 3.05) is 41.7 Å². The van der Waals surface area contributed by atoms with Crippen LogP contribution in [0.5, 0.6) is 0 Å². The maximum Gasteiger partial charge on any atom is 0.416 e. The number of thioether (sulfide) groups is 1. The number of amides is 1. The molecule has 1 N–H and O–H groups in total. The second-order valence-electron chi connectivity index (χ2n) is 8.05. The Kier molecular flexibility index (Phi) is 8.48. The number of alkyl halides is 3. The number of halogens is 5. The van der Waals surface area contributed by atoms with Crippen molar-refractivity contribution in [3.8, 4) is 0 Å². The maximum absolute atomic E-state index is 12.9. The number of aromatic nitrogens is 2. The van der Waals surface area contributed by atoms with Crippen molar-refractivity contribution in [1.29, 1.82) is 0 Å². The molecule has 190 valence electrons. The fourth-order valence-corrected chi connectivity index (χ4v) is 4.81. The number of carbonyl (C=O) groups is 1. The molecular weight excluding hydrogens is 534 g/mol. The molecule has 1 fully saturated rings. The molecule has 1 aliphatic rings. The second-order valence-corrected chi connectivity index (χ2v) is 9.82. The summed E-state index contributed by atoms with van der Waals surface area (Å²) in [5.41, 5.74) is 0.675. The average molecular weight is 556 g/mol. The average Bonchev–Trinajstić information content (AvgIpc) is 2.86. The molecule has 0 spiro atoms. The lowest BCUT2D eigenvalue weighted by Gasteiger charge is -2.36. The molecule has 2 heterocycles. The number of nitrogens with one attached hydrogen (secondary N) is 1. The molecule has 0 saturated carbocycles. The zero-order valence-electron chi connectivity index (χ0n) is 18.9. The van der Waals surface area contributed by atoms with Gasteiger partial charge >= 0.3 is 6.18 Å². The van der Waals surface area contributed by atoms with Crippen molar-refractivity contribution in [3.05, 3.63) is 75.9 Å². The van der Waals surface area contributed by atoms with E-state index in [9.17, 15) is 18.0 Å². The van der Waals surface area contributed by atoms with Crippen LogP contribution in [0, 0.1) is 0 Å².